The largest absolute Gasteiger partial charge is 0.374 e. The van der Waals surface area contributed by atoms with Crippen molar-refractivity contribution in [3.05, 3.63) is 24.8 Å². The van der Waals surface area contributed by atoms with Crippen LogP contribution < -0.4 is 0 Å². The summed E-state index contributed by atoms with van der Waals surface area (Å²) < 4.78 is 6.15. The van der Waals surface area contributed by atoms with Crippen LogP contribution in [-0.4, -0.2) is 12.7 Å². The molecule has 1 aliphatic heterocycles. The van der Waals surface area contributed by atoms with E-state index in [-0.39, 0.29) is 0 Å². The Morgan fingerprint density at radius 3 is 2.00 bits per heavy atom. The molecule has 3 aliphatic rings. The first-order valence-electron chi connectivity index (χ1n) is 12.2. The Labute approximate surface area is 169 Å². The minimum atomic E-state index is 0.402. The summed E-state index contributed by atoms with van der Waals surface area (Å²) in [6.45, 7) is 7.28. The molecule has 2 atom stereocenters. The van der Waals surface area contributed by atoms with Gasteiger partial charge in [-0.2, -0.15) is 0 Å². The molecule has 0 amide bonds. The maximum atomic E-state index is 6.15. The van der Waals surface area contributed by atoms with Gasteiger partial charge < -0.3 is 4.74 Å². The molecule has 0 spiro atoms. The Balaban J connectivity index is 1.31. The smallest absolute Gasteiger partial charge is 0.0756 e. The van der Waals surface area contributed by atoms with Crippen molar-refractivity contribution in [2.24, 2.45) is 29.6 Å². The molecule has 0 aromatic rings. The highest BCUT2D eigenvalue weighted by atomic mass is 16.5. The minimum absolute atomic E-state index is 0.402. The Morgan fingerprint density at radius 2 is 1.44 bits per heavy atom. The monoisotopic (exact) mass is 372 g/mol. The lowest BCUT2D eigenvalue weighted by Gasteiger charge is -2.37. The lowest BCUT2D eigenvalue weighted by atomic mass is 9.69. The normalized spacial score (nSPS) is 38.1. The molecule has 0 radical (unpaired) electrons. The van der Waals surface area contributed by atoms with E-state index in [0.717, 1.165) is 36.2 Å². The number of unbranched alkanes of at least 4 members (excludes halogenated alkanes) is 2. The second kappa shape index (κ2) is 11.4. The zero-order valence-electron chi connectivity index (χ0n) is 17.9. The van der Waals surface area contributed by atoms with Crippen molar-refractivity contribution in [2.75, 3.05) is 6.61 Å². The van der Waals surface area contributed by atoms with E-state index in [2.05, 4.69) is 31.7 Å². The number of rotatable bonds is 8. The van der Waals surface area contributed by atoms with Crippen LogP contribution in [0.4, 0.5) is 0 Å². The highest BCUT2D eigenvalue weighted by Crippen LogP contribution is 2.41. The van der Waals surface area contributed by atoms with E-state index >= 15 is 0 Å². The van der Waals surface area contributed by atoms with Gasteiger partial charge in [0.25, 0.3) is 0 Å². The molecule has 2 saturated carbocycles. The van der Waals surface area contributed by atoms with Crippen LogP contribution in [0, 0.1) is 29.6 Å². The number of hydrogen-bond acceptors (Lipinski definition) is 1. The number of ether oxygens (including phenoxy) is 1. The fraction of sp³-hybridized carbons (Fsp3) is 0.846. The lowest BCUT2D eigenvalue weighted by Crippen LogP contribution is -2.26. The van der Waals surface area contributed by atoms with Crippen LogP contribution in [0.2, 0.25) is 0 Å². The van der Waals surface area contributed by atoms with E-state index in [0.29, 0.717) is 6.10 Å². The van der Waals surface area contributed by atoms with Gasteiger partial charge in [-0.3, -0.25) is 0 Å². The topological polar surface area (TPSA) is 9.23 Å². The number of hydrogen-bond donors (Lipinski definition) is 0. The van der Waals surface area contributed by atoms with Crippen LogP contribution in [0.15, 0.2) is 24.8 Å². The summed E-state index contributed by atoms with van der Waals surface area (Å²) in [4.78, 5) is 0. The molecule has 3 fully saturated rings. The van der Waals surface area contributed by atoms with Gasteiger partial charge in [-0.1, -0.05) is 44.4 Å². The van der Waals surface area contributed by atoms with Gasteiger partial charge in [-0.15, -0.1) is 6.58 Å². The van der Waals surface area contributed by atoms with Crippen molar-refractivity contribution < 1.29 is 4.74 Å². The highest BCUT2D eigenvalue weighted by Gasteiger charge is 2.29. The zero-order chi connectivity index (χ0) is 18.9. The molecule has 1 nitrogen and oxygen atoms in total. The van der Waals surface area contributed by atoms with E-state index in [9.17, 15) is 0 Å². The first kappa shape index (κ1) is 21.2. The fourth-order valence-corrected chi connectivity index (χ4v) is 5.83. The summed E-state index contributed by atoms with van der Waals surface area (Å²) in [6.07, 6.45) is 27.1. The Bertz CT molecular complexity index is 429. The first-order valence-corrected chi connectivity index (χ1v) is 12.2. The maximum Gasteiger partial charge on any atom is 0.0756 e. The molecule has 0 aromatic carbocycles. The Kier molecular flexibility index (Phi) is 8.97. The van der Waals surface area contributed by atoms with Gasteiger partial charge in [-0.25, -0.2) is 0 Å². The molecule has 2 unspecified atom stereocenters. The Hall–Kier alpha value is -0.560. The average Bonchev–Trinajstić information content (AvgIpc) is 2.74. The fourth-order valence-electron chi connectivity index (χ4n) is 5.83. The van der Waals surface area contributed by atoms with Crippen LogP contribution in [0.3, 0.4) is 0 Å². The average molecular weight is 373 g/mol. The van der Waals surface area contributed by atoms with E-state index < -0.39 is 0 Å². The molecular formula is C26H44O. The lowest BCUT2D eigenvalue weighted by molar-refractivity contribution is 0.00751. The van der Waals surface area contributed by atoms with Gasteiger partial charge in [0.2, 0.25) is 0 Å². The standard InChI is InChI=1S/C26H44O/c1-3-5-6-7-23-13-19-26(27-20-23)18-12-22-10-16-25(17-11-22)24-14-8-21(4-2)9-15-24/h4,12,18,21-26H,2-3,5-11,13-17,19-20H2,1H3. The summed E-state index contributed by atoms with van der Waals surface area (Å²) in [7, 11) is 0. The summed E-state index contributed by atoms with van der Waals surface area (Å²) in [5.74, 6) is 4.47. The summed E-state index contributed by atoms with van der Waals surface area (Å²) in [6, 6.07) is 0. The summed E-state index contributed by atoms with van der Waals surface area (Å²) in [5, 5.41) is 0. The van der Waals surface area contributed by atoms with Crippen LogP contribution in [0.1, 0.15) is 96.8 Å². The summed E-state index contributed by atoms with van der Waals surface area (Å²) >= 11 is 0. The molecular weight excluding hydrogens is 328 g/mol. The summed E-state index contributed by atoms with van der Waals surface area (Å²) in [5.41, 5.74) is 0. The highest BCUT2D eigenvalue weighted by molar-refractivity contribution is 4.97. The van der Waals surface area contributed by atoms with Crippen LogP contribution in [0.25, 0.3) is 0 Å². The third-order valence-corrected chi connectivity index (χ3v) is 7.85. The third-order valence-electron chi connectivity index (χ3n) is 7.85. The zero-order valence-corrected chi connectivity index (χ0v) is 17.9. The molecule has 1 saturated heterocycles. The van der Waals surface area contributed by atoms with Gasteiger partial charge in [0.05, 0.1) is 12.7 Å². The molecule has 1 heterocycles. The second-order valence-electron chi connectivity index (χ2n) is 9.78. The predicted octanol–water partition coefficient (Wildman–Crippen LogP) is 7.72. The van der Waals surface area contributed by atoms with Crippen molar-refractivity contribution in [2.45, 2.75) is 103 Å². The predicted molar refractivity (Wildman–Crippen MR) is 117 cm³/mol. The van der Waals surface area contributed by atoms with E-state index in [1.807, 2.05) is 0 Å². The van der Waals surface area contributed by atoms with Crippen LogP contribution in [-0.2, 0) is 4.74 Å². The van der Waals surface area contributed by atoms with E-state index in [1.165, 1.54) is 89.9 Å². The van der Waals surface area contributed by atoms with Crippen LogP contribution >= 0.6 is 0 Å². The maximum absolute atomic E-state index is 6.15. The Morgan fingerprint density at radius 1 is 0.778 bits per heavy atom. The van der Waals surface area contributed by atoms with Gasteiger partial charge in [-0.05, 0) is 100 Å². The molecule has 1 heteroatoms. The van der Waals surface area contributed by atoms with Crippen molar-refractivity contribution in [3.63, 3.8) is 0 Å². The molecule has 27 heavy (non-hydrogen) atoms. The van der Waals surface area contributed by atoms with Gasteiger partial charge >= 0.3 is 0 Å². The SMILES string of the molecule is C=CC1CCC(C2CCC(C=CC3CCC(CCCCC)CO3)CC2)CC1. The quantitative estimate of drug-likeness (QED) is 0.313. The molecule has 154 valence electrons. The van der Waals surface area contributed by atoms with Crippen molar-refractivity contribution in [1.29, 1.82) is 0 Å². The van der Waals surface area contributed by atoms with E-state index in [1.54, 1.807) is 0 Å². The molecule has 3 rings (SSSR count). The van der Waals surface area contributed by atoms with Gasteiger partial charge in [0, 0.05) is 0 Å². The van der Waals surface area contributed by atoms with Gasteiger partial charge in [0.15, 0.2) is 0 Å². The van der Waals surface area contributed by atoms with Crippen molar-refractivity contribution in [1.82, 2.24) is 0 Å². The number of allylic oxidation sites excluding steroid dienone is 2. The molecule has 2 aliphatic carbocycles. The molecule has 0 N–H and O–H groups in total. The van der Waals surface area contributed by atoms with E-state index in [4.69, 9.17) is 4.74 Å². The van der Waals surface area contributed by atoms with Crippen molar-refractivity contribution >= 4 is 0 Å². The van der Waals surface area contributed by atoms with Gasteiger partial charge in [0.1, 0.15) is 0 Å². The third kappa shape index (κ3) is 6.77. The molecule has 0 bridgehead atoms. The second-order valence-corrected chi connectivity index (χ2v) is 9.78. The van der Waals surface area contributed by atoms with Crippen LogP contribution in [0.5, 0.6) is 0 Å². The molecule has 0 aromatic heterocycles. The minimum Gasteiger partial charge on any atom is -0.374 e. The first-order chi connectivity index (χ1) is 13.3. The van der Waals surface area contributed by atoms with Crippen molar-refractivity contribution in [3.8, 4) is 0 Å².